The van der Waals surface area contributed by atoms with Crippen molar-refractivity contribution in [2.45, 2.75) is 94.3 Å². The zero-order valence-electron chi connectivity index (χ0n) is 54.0. The first-order chi connectivity index (χ1) is 44.9. The van der Waals surface area contributed by atoms with Crippen LogP contribution < -0.4 is 22.1 Å². The van der Waals surface area contributed by atoms with Gasteiger partial charge in [-0.3, -0.25) is 29.8 Å². The fourth-order valence-corrected chi connectivity index (χ4v) is 11.4. The molecule has 26 nitrogen and oxygen atoms in total. The molecule has 6 aromatic heterocycles. The van der Waals surface area contributed by atoms with E-state index in [1.54, 1.807) is 37.5 Å². The van der Waals surface area contributed by atoms with Gasteiger partial charge in [-0.05, 0) is 134 Å². The predicted molar refractivity (Wildman–Crippen MR) is 363 cm³/mol. The molecule has 6 heterocycles. The number of nitrogens with zero attached hydrogens (tertiary/aromatic N) is 10. The van der Waals surface area contributed by atoms with E-state index in [2.05, 4.69) is 91.7 Å². The molecular weight excluding hydrogens is 1270 g/mol. The van der Waals surface area contributed by atoms with E-state index in [-0.39, 0.29) is 39.9 Å². The van der Waals surface area contributed by atoms with Crippen molar-refractivity contribution in [3.63, 3.8) is 0 Å². The Morgan fingerprint density at radius 2 is 0.872 bits per heavy atom. The molecule has 6 aromatic carbocycles. The molecule has 0 amide bonds. The van der Waals surface area contributed by atoms with Crippen LogP contribution in [0.1, 0.15) is 104 Å². The van der Waals surface area contributed by atoms with Crippen molar-refractivity contribution in [1.29, 1.82) is 0 Å². The van der Waals surface area contributed by atoms with Crippen molar-refractivity contribution < 1.29 is 40.3 Å². The van der Waals surface area contributed by atoms with Crippen LogP contribution in [0.15, 0.2) is 146 Å². The third-order valence-electron chi connectivity index (χ3n) is 15.6. The van der Waals surface area contributed by atoms with E-state index >= 15 is 0 Å². The fourth-order valence-electron chi connectivity index (χ4n) is 11.4. The maximum atomic E-state index is 12.7. The van der Waals surface area contributed by atoms with Gasteiger partial charge in [0.2, 0.25) is 11.9 Å². The number of imidazole rings is 3. The number of rotatable bonds is 15. The number of anilines is 3. The summed E-state index contributed by atoms with van der Waals surface area (Å²) in [6.45, 7) is 22.6. The molecular formula is C64H66N14Na2O12S2. The molecule has 30 heteroatoms. The average molecular weight is 1330 g/mol. The Bertz CT molecular complexity index is 4960. The summed E-state index contributed by atoms with van der Waals surface area (Å²) in [5.41, 5.74) is 20.1. The van der Waals surface area contributed by atoms with E-state index in [0.29, 0.717) is 74.3 Å². The Morgan fingerprint density at radius 1 is 0.532 bits per heavy atom. The summed E-state index contributed by atoms with van der Waals surface area (Å²) in [7, 11) is -5.90. The van der Waals surface area contributed by atoms with Crippen LogP contribution in [0.25, 0.3) is 66.5 Å². The van der Waals surface area contributed by atoms with Crippen LogP contribution in [-0.4, -0.2) is 128 Å². The van der Waals surface area contributed by atoms with Gasteiger partial charge in [0.25, 0.3) is 11.4 Å². The first kappa shape index (κ1) is 70.9. The average Bonchev–Trinajstić information content (AvgIpc) is 1.60. The number of aromatic nitrogens is 9. The van der Waals surface area contributed by atoms with Crippen LogP contribution in [0.5, 0.6) is 0 Å². The van der Waals surface area contributed by atoms with Gasteiger partial charge in [-0.25, -0.2) is 14.8 Å². The van der Waals surface area contributed by atoms with Crippen molar-refractivity contribution in [3.05, 3.63) is 209 Å². The fraction of sp³-hybridized carbons (Fsp3) is 0.250. The summed E-state index contributed by atoms with van der Waals surface area (Å²) in [4.78, 5) is 47.5. The van der Waals surface area contributed by atoms with Crippen molar-refractivity contribution in [1.82, 2.24) is 44.1 Å². The zero-order chi connectivity index (χ0) is 68.4. The number of benzene rings is 6. The number of hydrogen-bond acceptors (Lipinski definition) is 20. The van der Waals surface area contributed by atoms with Gasteiger partial charge in [-0.2, -0.15) is 16.8 Å². The molecule has 0 saturated heterocycles. The van der Waals surface area contributed by atoms with Crippen molar-refractivity contribution >= 4 is 124 Å². The Balaban J connectivity index is 0.000000171. The molecule has 0 radical (unpaired) electrons. The summed E-state index contributed by atoms with van der Waals surface area (Å²) in [5.74, 6) is 3.38. The van der Waals surface area contributed by atoms with E-state index < -0.39 is 29.1 Å². The number of nitrogens with two attached hydrogens (primary N) is 1. The number of non-ortho nitro benzene ring substituents is 2. The van der Waals surface area contributed by atoms with Crippen LogP contribution in [-0.2, 0) is 18.5 Å². The number of nitrogens with one attached hydrogen (secondary N) is 3. The molecule has 0 spiro atoms. The predicted octanol–water partition coefficient (Wildman–Crippen LogP) is 12.2. The third-order valence-corrected chi connectivity index (χ3v) is 16.4. The number of H-pyrrole nitrogens is 1. The minimum absolute atomic E-state index is 0.0411. The number of nitro groups is 2. The molecule has 0 saturated carbocycles. The molecule has 0 fully saturated rings. The minimum atomic E-state index is -2.95. The topological polar surface area (TPSA) is 356 Å². The Kier molecular flexibility index (Phi) is 23.6. The molecule has 3 atom stereocenters. The number of nitro benzene ring substituents is 2. The second-order valence-electron chi connectivity index (χ2n) is 21.4. The van der Waals surface area contributed by atoms with Crippen LogP contribution in [0, 0.1) is 61.8 Å². The summed E-state index contributed by atoms with van der Waals surface area (Å²) in [6.07, 6.45) is 0. The van der Waals surface area contributed by atoms with Gasteiger partial charge in [0.15, 0.2) is 5.52 Å². The molecule has 0 aliphatic heterocycles. The Morgan fingerprint density at radius 3 is 1.22 bits per heavy atom. The number of hydrogen-bond donors (Lipinski definition) is 4. The summed E-state index contributed by atoms with van der Waals surface area (Å²) in [6, 6.07) is 40.4. The number of aromatic amines is 1. The molecule has 3 unspecified atom stereocenters. The number of aryl methyl sites for hydroxylation is 6. The van der Waals surface area contributed by atoms with Gasteiger partial charge >= 0.3 is 67.8 Å². The Hall–Kier alpha value is -9.00. The van der Waals surface area contributed by atoms with E-state index in [4.69, 9.17) is 41.1 Å². The monoisotopic (exact) mass is 1330 g/mol. The van der Waals surface area contributed by atoms with Gasteiger partial charge in [-0.15, -0.1) is 0 Å². The third kappa shape index (κ3) is 15.1. The van der Waals surface area contributed by atoms with Gasteiger partial charge < -0.3 is 39.1 Å². The van der Waals surface area contributed by atoms with Crippen LogP contribution in [0.3, 0.4) is 0 Å². The van der Waals surface area contributed by atoms with Crippen LogP contribution in [0.4, 0.5) is 29.0 Å². The molecule has 0 aliphatic rings. The van der Waals surface area contributed by atoms with Gasteiger partial charge in [-0.1, -0.05) is 106 Å². The maximum absolute atomic E-state index is 12.7. The SMILES string of the molecule is CCNc1nc2c(N)cc(-c3c(C)noc3C)cc2n1C(C)c1ccccc1.CCNc1nc2c([N+](=O)[O-])cc(-c3c(C)noc3C)cc2n1C(C)c1ccccc1.Cc1noc(C)c1-c1cc([N+](=O)[O-])c2[nH]c(=O)n(C(C)c3ccccc3)c2c1.O=S(=O)=S(=O)=O.[Na][Na]. The normalized spacial score (nSPS) is 11.9. The van der Waals surface area contributed by atoms with Crippen molar-refractivity contribution in [3.8, 4) is 33.4 Å². The van der Waals surface area contributed by atoms with E-state index in [0.717, 1.165) is 62.8 Å². The standard InChI is InChI=1S/C22H23N5O3.C22H25N5O.C20H18N4O4.2Na.O4S2/c1-5-23-22-24-21-18(26(22)14(3)16-9-7-6-8-10-16)11-17(12-19(21)27(28)29)20-13(2)25-30-15(20)4;1-5-24-22-25-21-18(23)11-17(20-13(2)26-28-15(20)4)12-19(21)27(22)14(3)16-9-7-6-8-10-16;1-11-18(13(3)28-22-11)15-9-16-19(17(10-15)24(26)27)21-20(25)23(16)12(2)14-7-5-4-6-8-14;;;1-5(2)6(3)4/h6-12,14H,5H2,1-4H3,(H,23,24);6-12,14H,5,23H2,1-4H3,(H,24,25);4-10,12H,1-3H3,(H,21,25);;;. The van der Waals surface area contributed by atoms with Crippen molar-refractivity contribution in [2.75, 3.05) is 29.5 Å². The second-order valence-corrected chi connectivity index (χ2v) is 23.9. The van der Waals surface area contributed by atoms with Crippen LogP contribution in [0.2, 0.25) is 0 Å². The summed E-state index contributed by atoms with van der Waals surface area (Å²) >= 11 is 2.89. The molecule has 0 aliphatic carbocycles. The van der Waals surface area contributed by atoms with Gasteiger partial charge in [0, 0.05) is 41.9 Å². The van der Waals surface area contributed by atoms with Crippen LogP contribution >= 0.6 is 0 Å². The van der Waals surface area contributed by atoms with E-state index in [1.165, 1.54) is 55.2 Å². The first-order valence-corrected chi connectivity index (χ1v) is 40.7. The van der Waals surface area contributed by atoms with Gasteiger partial charge in [0.05, 0.1) is 67.3 Å². The van der Waals surface area contributed by atoms with E-state index in [9.17, 15) is 25.0 Å². The zero-order valence-corrected chi connectivity index (χ0v) is 59.7. The first-order valence-electron chi connectivity index (χ1n) is 30.0. The van der Waals surface area contributed by atoms with E-state index in [1.807, 2.05) is 118 Å². The summed E-state index contributed by atoms with van der Waals surface area (Å²) in [5, 5.41) is 42.3. The molecule has 5 N–H and O–H groups in total. The summed E-state index contributed by atoms with van der Waals surface area (Å²) < 4.78 is 58.0. The number of nitrogen functional groups attached to an aromatic ring is 1. The molecule has 94 heavy (non-hydrogen) atoms. The molecule has 478 valence electrons. The number of fused-ring (bicyclic) bond motifs is 3. The van der Waals surface area contributed by atoms with Crippen molar-refractivity contribution in [2.24, 2.45) is 0 Å². The van der Waals surface area contributed by atoms with Gasteiger partial charge in [0.1, 0.15) is 28.3 Å². The second kappa shape index (κ2) is 31.3. The molecule has 0 bridgehead atoms. The Labute approximate surface area is 570 Å². The molecule has 12 aromatic rings. The molecule has 12 rings (SSSR count). The quantitative estimate of drug-likeness (QED) is 0.0320.